The van der Waals surface area contributed by atoms with Crippen LogP contribution in [0, 0.1) is 20.8 Å². The maximum atomic E-state index is 12.6. The third-order valence-electron chi connectivity index (χ3n) is 4.44. The second-order valence-electron chi connectivity index (χ2n) is 6.88. The van der Waals surface area contributed by atoms with Gasteiger partial charge in [0.25, 0.3) is 5.91 Å². The molecular weight excluding hydrogens is 326 g/mol. The first kappa shape index (κ1) is 19.9. The standard InChI is InChI=1S/C22H27NO3/c1-14-10-15(2)20(16(3)11-14)12-21(24)18-6-8-19(9-7-18)22(25)23-17(4)13-26-5/h6-11,17H,12-13H2,1-5H3,(H,23,25)/t17-/m0/s1. The molecule has 0 unspecified atom stereocenters. The van der Waals surface area contributed by atoms with Gasteiger partial charge in [-0.3, -0.25) is 9.59 Å². The van der Waals surface area contributed by atoms with Gasteiger partial charge in [0.05, 0.1) is 6.61 Å². The monoisotopic (exact) mass is 353 g/mol. The van der Waals surface area contributed by atoms with Crippen LogP contribution in [0.3, 0.4) is 0 Å². The van der Waals surface area contributed by atoms with Gasteiger partial charge in [-0.25, -0.2) is 0 Å². The lowest BCUT2D eigenvalue weighted by Crippen LogP contribution is -2.35. The number of Topliss-reactive ketones (excluding diaryl/α,β-unsaturated/α-hetero) is 1. The topological polar surface area (TPSA) is 55.4 Å². The van der Waals surface area contributed by atoms with E-state index in [1.807, 2.05) is 20.8 Å². The molecule has 4 nitrogen and oxygen atoms in total. The fourth-order valence-electron chi connectivity index (χ4n) is 3.16. The Kier molecular flexibility index (Phi) is 6.70. The van der Waals surface area contributed by atoms with Crippen LogP contribution in [0.15, 0.2) is 36.4 Å². The summed E-state index contributed by atoms with van der Waals surface area (Å²) in [5.74, 6) is -0.112. The van der Waals surface area contributed by atoms with E-state index in [-0.39, 0.29) is 17.7 Å². The normalized spacial score (nSPS) is 11.9. The predicted molar refractivity (Wildman–Crippen MR) is 104 cm³/mol. The van der Waals surface area contributed by atoms with Crippen molar-refractivity contribution in [1.29, 1.82) is 0 Å². The molecule has 2 aromatic rings. The number of ketones is 1. The first-order valence-electron chi connectivity index (χ1n) is 8.81. The van der Waals surface area contributed by atoms with Crippen molar-refractivity contribution in [2.75, 3.05) is 13.7 Å². The van der Waals surface area contributed by atoms with Gasteiger partial charge in [-0.1, -0.05) is 29.8 Å². The summed E-state index contributed by atoms with van der Waals surface area (Å²) in [5, 5.41) is 2.86. The minimum atomic E-state index is -0.168. The molecule has 0 saturated carbocycles. The van der Waals surface area contributed by atoms with Gasteiger partial charge in [0.15, 0.2) is 5.78 Å². The smallest absolute Gasteiger partial charge is 0.251 e. The van der Waals surface area contributed by atoms with Crippen LogP contribution in [-0.2, 0) is 11.2 Å². The highest BCUT2D eigenvalue weighted by Gasteiger charge is 2.14. The van der Waals surface area contributed by atoms with Gasteiger partial charge in [0.1, 0.15) is 0 Å². The first-order chi connectivity index (χ1) is 12.3. The molecule has 0 aliphatic heterocycles. The van der Waals surface area contributed by atoms with Crippen molar-refractivity contribution in [3.8, 4) is 0 Å². The largest absolute Gasteiger partial charge is 0.383 e. The Bertz CT molecular complexity index is 771. The lowest BCUT2D eigenvalue weighted by Gasteiger charge is -2.13. The van der Waals surface area contributed by atoms with Gasteiger partial charge < -0.3 is 10.1 Å². The van der Waals surface area contributed by atoms with Crippen LogP contribution in [-0.4, -0.2) is 31.4 Å². The van der Waals surface area contributed by atoms with Crippen LogP contribution < -0.4 is 5.32 Å². The molecule has 0 heterocycles. The number of ether oxygens (including phenoxy) is 1. The number of amides is 1. The second-order valence-corrected chi connectivity index (χ2v) is 6.88. The number of hydrogen-bond donors (Lipinski definition) is 1. The van der Waals surface area contributed by atoms with Gasteiger partial charge in [-0.05, 0) is 56.5 Å². The van der Waals surface area contributed by atoms with Crippen molar-refractivity contribution in [1.82, 2.24) is 5.32 Å². The molecule has 0 aliphatic carbocycles. The molecule has 0 aromatic heterocycles. The first-order valence-corrected chi connectivity index (χ1v) is 8.81. The highest BCUT2D eigenvalue weighted by molar-refractivity contribution is 6.00. The molecule has 0 bridgehead atoms. The Hall–Kier alpha value is -2.46. The highest BCUT2D eigenvalue weighted by Crippen LogP contribution is 2.19. The number of aryl methyl sites for hydroxylation is 3. The summed E-state index contributed by atoms with van der Waals surface area (Å²) >= 11 is 0. The van der Waals surface area contributed by atoms with Gasteiger partial charge in [0, 0.05) is 30.7 Å². The Labute approximate surface area is 155 Å². The quantitative estimate of drug-likeness (QED) is 0.770. The average molecular weight is 353 g/mol. The number of carbonyl (C=O) groups excluding carboxylic acids is 2. The van der Waals surface area contributed by atoms with Crippen LogP contribution in [0.5, 0.6) is 0 Å². The summed E-state index contributed by atoms with van der Waals surface area (Å²) in [5.41, 5.74) is 5.71. The zero-order chi connectivity index (χ0) is 19.3. The lowest BCUT2D eigenvalue weighted by molar-refractivity contribution is 0.0904. The van der Waals surface area contributed by atoms with E-state index in [0.29, 0.717) is 24.2 Å². The Morgan fingerprint density at radius 1 is 1.00 bits per heavy atom. The molecule has 1 N–H and O–H groups in total. The summed E-state index contributed by atoms with van der Waals surface area (Å²) < 4.78 is 5.01. The van der Waals surface area contributed by atoms with E-state index in [1.165, 1.54) is 5.56 Å². The van der Waals surface area contributed by atoms with E-state index in [4.69, 9.17) is 4.74 Å². The molecule has 0 saturated heterocycles. The molecule has 1 amide bonds. The minimum Gasteiger partial charge on any atom is -0.383 e. The molecule has 0 radical (unpaired) electrons. The van der Waals surface area contributed by atoms with Crippen LogP contribution in [0.4, 0.5) is 0 Å². The van der Waals surface area contributed by atoms with E-state index in [2.05, 4.69) is 24.4 Å². The maximum absolute atomic E-state index is 12.6. The van der Waals surface area contributed by atoms with E-state index in [1.54, 1.807) is 31.4 Å². The van der Waals surface area contributed by atoms with Crippen molar-refractivity contribution in [3.63, 3.8) is 0 Å². The molecule has 2 rings (SSSR count). The summed E-state index contributed by atoms with van der Waals surface area (Å²) in [6, 6.07) is 11.0. The van der Waals surface area contributed by atoms with E-state index < -0.39 is 0 Å². The van der Waals surface area contributed by atoms with Crippen molar-refractivity contribution in [2.45, 2.75) is 40.2 Å². The predicted octanol–water partition coefficient (Wildman–Crippen LogP) is 3.80. The summed E-state index contributed by atoms with van der Waals surface area (Å²) in [4.78, 5) is 24.8. The summed E-state index contributed by atoms with van der Waals surface area (Å²) in [6.45, 7) is 8.47. The molecule has 0 fully saturated rings. The summed E-state index contributed by atoms with van der Waals surface area (Å²) in [7, 11) is 1.60. The van der Waals surface area contributed by atoms with Crippen LogP contribution in [0.25, 0.3) is 0 Å². The van der Waals surface area contributed by atoms with Crippen LogP contribution in [0.1, 0.15) is 49.9 Å². The molecule has 1 atom stereocenters. The van der Waals surface area contributed by atoms with Crippen LogP contribution in [0.2, 0.25) is 0 Å². The van der Waals surface area contributed by atoms with Gasteiger partial charge in [0.2, 0.25) is 0 Å². The molecule has 138 valence electrons. The van der Waals surface area contributed by atoms with E-state index in [0.717, 1.165) is 16.7 Å². The number of methoxy groups -OCH3 is 1. The Morgan fingerprint density at radius 2 is 1.54 bits per heavy atom. The van der Waals surface area contributed by atoms with Crippen molar-refractivity contribution in [3.05, 3.63) is 69.8 Å². The fraction of sp³-hybridized carbons (Fsp3) is 0.364. The molecule has 0 aliphatic rings. The lowest BCUT2D eigenvalue weighted by atomic mass is 9.93. The average Bonchev–Trinajstić information content (AvgIpc) is 2.58. The Morgan fingerprint density at radius 3 is 2.08 bits per heavy atom. The van der Waals surface area contributed by atoms with Crippen molar-refractivity contribution < 1.29 is 14.3 Å². The van der Waals surface area contributed by atoms with Crippen molar-refractivity contribution >= 4 is 11.7 Å². The Balaban J connectivity index is 2.08. The third-order valence-corrected chi connectivity index (χ3v) is 4.44. The second kappa shape index (κ2) is 8.77. The number of carbonyl (C=O) groups is 2. The van der Waals surface area contributed by atoms with Gasteiger partial charge >= 0.3 is 0 Å². The highest BCUT2D eigenvalue weighted by atomic mass is 16.5. The van der Waals surface area contributed by atoms with Gasteiger partial charge in [-0.15, -0.1) is 0 Å². The number of rotatable bonds is 7. The van der Waals surface area contributed by atoms with E-state index >= 15 is 0 Å². The number of hydrogen-bond acceptors (Lipinski definition) is 3. The van der Waals surface area contributed by atoms with Gasteiger partial charge in [-0.2, -0.15) is 0 Å². The zero-order valence-corrected chi connectivity index (χ0v) is 16.2. The number of benzene rings is 2. The molecule has 4 heteroatoms. The SMILES string of the molecule is COC[C@H](C)NC(=O)c1ccc(C(=O)Cc2c(C)cc(C)cc2C)cc1. The minimum absolute atomic E-state index is 0.0553. The fourth-order valence-corrected chi connectivity index (χ4v) is 3.16. The van der Waals surface area contributed by atoms with Crippen molar-refractivity contribution in [2.24, 2.45) is 0 Å². The molecular formula is C22H27NO3. The van der Waals surface area contributed by atoms with Crippen LogP contribution >= 0.6 is 0 Å². The van der Waals surface area contributed by atoms with E-state index in [9.17, 15) is 9.59 Å². The summed E-state index contributed by atoms with van der Waals surface area (Å²) in [6.07, 6.45) is 0.369. The third kappa shape index (κ3) is 5.02. The molecule has 0 spiro atoms. The zero-order valence-electron chi connectivity index (χ0n) is 16.2. The maximum Gasteiger partial charge on any atom is 0.251 e. The number of nitrogens with one attached hydrogen (secondary N) is 1. The molecule has 26 heavy (non-hydrogen) atoms. The molecule has 2 aromatic carbocycles.